The van der Waals surface area contributed by atoms with Crippen molar-refractivity contribution in [1.29, 1.82) is 0 Å². The first-order valence-electron chi connectivity index (χ1n) is 4.24. The summed E-state index contributed by atoms with van der Waals surface area (Å²) >= 11 is 0. The quantitative estimate of drug-likeness (QED) is 0.504. The Labute approximate surface area is 90.5 Å². The van der Waals surface area contributed by atoms with Gasteiger partial charge in [0, 0.05) is 13.0 Å². The van der Waals surface area contributed by atoms with Gasteiger partial charge in [-0.05, 0) is 0 Å². The Kier molecular flexibility index (Phi) is 3.65. The molecular weight excluding hydrogens is 257 g/mol. The SMILES string of the molecule is OCCC(F)(F)c1c(F)c(F)c(F)c(F)c1F. The second kappa shape index (κ2) is 4.52. The molecule has 1 aromatic carbocycles. The van der Waals surface area contributed by atoms with Crippen LogP contribution in [0.5, 0.6) is 0 Å². The molecule has 0 atom stereocenters. The van der Waals surface area contributed by atoms with Crippen LogP contribution in [-0.2, 0) is 5.92 Å². The molecule has 0 amide bonds. The molecule has 0 saturated carbocycles. The van der Waals surface area contributed by atoms with Crippen LogP contribution in [0.25, 0.3) is 0 Å². The fraction of sp³-hybridized carbons (Fsp3) is 0.333. The first-order chi connectivity index (χ1) is 7.74. The fourth-order valence-electron chi connectivity index (χ4n) is 1.19. The van der Waals surface area contributed by atoms with Crippen molar-refractivity contribution in [2.75, 3.05) is 6.61 Å². The lowest BCUT2D eigenvalue weighted by atomic mass is 10.0. The molecule has 1 rings (SSSR count). The molecule has 17 heavy (non-hydrogen) atoms. The van der Waals surface area contributed by atoms with E-state index in [0.717, 1.165) is 0 Å². The maximum Gasteiger partial charge on any atom is 0.281 e. The normalized spacial score (nSPS) is 12.0. The number of alkyl halides is 2. The minimum Gasteiger partial charge on any atom is -0.396 e. The predicted octanol–water partition coefficient (Wildman–Crippen LogP) is 2.86. The lowest BCUT2D eigenvalue weighted by molar-refractivity contribution is -0.0346. The lowest BCUT2D eigenvalue weighted by Crippen LogP contribution is -2.22. The van der Waals surface area contributed by atoms with Crippen LogP contribution in [0.15, 0.2) is 0 Å². The summed E-state index contributed by atoms with van der Waals surface area (Å²) in [7, 11) is 0. The number of benzene rings is 1. The Balaban J connectivity index is 3.54. The van der Waals surface area contributed by atoms with Gasteiger partial charge in [-0.3, -0.25) is 0 Å². The van der Waals surface area contributed by atoms with E-state index in [0.29, 0.717) is 0 Å². The Hall–Kier alpha value is -1.31. The monoisotopic (exact) mass is 262 g/mol. The molecule has 0 spiro atoms. The summed E-state index contributed by atoms with van der Waals surface area (Å²) in [6, 6.07) is 0. The second-order valence-electron chi connectivity index (χ2n) is 3.12. The Morgan fingerprint density at radius 1 is 0.765 bits per heavy atom. The molecule has 1 N–H and O–H groups in total. The third-order valence-electron chi connectivity index (χ3n) is 2.00. The van der Waals surface area contributed by atoms with Gasteiger partial charge in [0.1, 0.15) is 0 Å². The molecule has 8 heteroatoms. The fourth-order valence-corrected chi connectivity index (χ4v) is 1.19. The molecule has 0 unspecified atom stereocenters. The zero-order valence-corrected chi connectivity index (χ0v) is 8.01. The topological polar surface area (TPSA) is 20.2 Å². The Bertz CT molecular complexity index is 414. The van der Waals surface area contributed by atoms with Crippen molar-refractivity contribution in [3.63, 3.8) is 0 Å². The third kappa shape index (κ3) is 2.21. The molecule has 96 valence electrons. The highest BCUT2D eigenvalue weighted by Gasteiger charge is 2.41. The number of hydrogen-bond donors (Lipinski definition) is 1. The summed E-state index contributed by atoms with van der Waals surface area (Å²) in [6.07, 6.45) is -1.45. The van der Waals surface area contributed by atoms with E-state index in [2.05, 4.69) is 0 Å². The molecule has 0 saturated heterocycles. The van der Waals surface area contributed by atoms with Crippen molar-refractivity contribution in [2.24, 2.45) is 0 Å². The summed E-state index contributed by atoms with van der Waals surface area (Å²) in [4.78, 5) is 0. The van der Waals surface area contributed by atoms with Crippen LogP contribution in [-0.4, -0.2) is 11.7 Å². The van der Waals surface area contributed by atoms with Crippen LogP contribution in [0, 0.1) is 29.1 Å². The van der Waals surface area contributed by atoms with E-state index in [1.807, 2.05) is 0 Å². The molecule has 0 aromatic heterocycles. The molecule has 0 fully saturated rings. The van der Waals surface area contributed by atoms with Gasteiger partial charge in [-0.1, -0.05) is 0 Å². The molecule has 1 aromatic rings. The van der Waals surface area contributed by atoms with Gasteiger partial charge in [0.2, 0.25) is 5.82 Å². The molecular formula is C9H5F7O. The molecule has 0 aliphatic rings. The van der Waals surface area contributed by atoms with E-state index in [1.165, 1.54) is 0 Å². The number of aliphatic hydroxyl groups excluding tert-OH is 1. The van der Waals surface area contributed by atoms with E-state index in [9.17, 15) is 30.7 Å². The van der Waals surface area contributed by atoms with Gasteiger partial charge < -0.3 is 5.11 Å². The summed E-state index contributed by atoms with van der Waals surface area (Å²) < 4.78 is 89.8. The molecule has 0 aliphatic carbocycles. The standard InChI is InChI=1S/C9H5F7O/c10-4-3(9(15,16)1-2-17)5(11)7(13)8(14)6(4)12/h17H,1-2H2. The number of hydrogen-bond acceptors (Lipinski definition) is 1. The van der Waals surface area contributed by atoms with Crippen LogP contribution in [0.1, 0.15) is 12.0 Å². The predicted molar refractivity (Wildman–Crippen MR) is 41.8 cm³/mol. The van der Waals surface area contributed by atoms with Gasteiger partial charge >= 0.3 is 0 Å². The summed E-state index contributed by atoms with van der Waals surface area (Å²) in [5.74, 6) is -16.9. The van der Waals surface area contributed by atoms with E-state index in [-0.39, 0.29) is 0 Å². The van der Waals surface area contributed by atoms with Crippen molar-refractivity contribution >= 4 is 0 Å². The lowest BCUT2D eigenvalue weighted by Gasteiger charge is -2.17. The van der Waals surface area contributed by atoms with Crippen LogP contribution < -0.4 is 0 Å². The molecule has 1 nitrogen and oxygen atoms in total. The smallest absolute Gasteiger partial charge is 0.281 e. The van der Waals surface area contributed by atoms with Gasteiger partial charge in [0.15, 0.2) is 23.3 Å². The number of aliphatic hydroxyl groups is 1. The summed E-state index contributed by atoms with van der Waals surface area (Å²) in [6.45, 7) is -1.17. The van der Waals surface area contributed by atoms with Crippen molar-refractivity contribution in [1.82, 2.24) is 0 Å². The number of halogens is 7. The highest BCUT2D eigenvalue weighted by molar-refractivity contribution is 5.27. The molecule has 0 radical (unpaired) electrons. The van der Waals surface area contributed by atoms with Crippen LogP contribution in [0.4, 0.5) is 30.7 Å². The van der Waals surface area contributed by atoms with E-state index < -0.39 is 53.6 Å². The maximum atomic E-state index is 13.1. The molecule has 0 aliphatic heterocycles. The average molecular weight is 262 g/mol. The van der Waals surface area contributed by atoms with E-state index in [1.54, 1.807) is 0 Å². The van der Waals surface area contributed by atoms with Crippen molar-refractivity contribution in [3.8, 4) is 0 Å². The summed E-state index contributed by atoms with van der Waals surface area (Å²) in [5, 5.41) is 8.25. The van der Waals surface area contributed by atoms with Crippen molar-refractivity contribution in [3.05, 3.63) is 34.6 Å². The first-order valence-corrected chi connectivity index (χ1v) is 4.24. The highest BCUT2D eigenvalue weighted by Crippen LogP contribution is 2.37. The largest absolute Gasteiger partial charge is 0.396 e. The van der Waals surface area contributed by atoms with Gasteiger partial charge in [-0.2, -0.15) is 0 Å². The minimum atomic E-state index is -4.35. The zero-order valence-electron chi connectivity index (χ0n) is 8.01. The van der Waals surface area contributed by atoms with Crippen LogP contribution in [0.2, 0.25) is 0 Å². The van der Waals surface area contributed by atoms with Crippen LogP contribution >= 0.6 is 0 Å². The van der Waals surface area contributed by atoms with Gasteiger partial charge in [-0.25, -0.2) is 30.7 Å². The first kappa shape index (κ1) is 13.8. The van der Waals surface area contributed by atoms with Gasteiger partial charge in [0.25, 0.3) is 5.92 Å². The van der Waals surface area contributed by atoms with Crippen molar-refractivity contribution < 1.29 is 35.8 Å². The molecule has 0 heterocycles. The van der Waals surface area contributed by atoms with E-state index in [4.69, 9.17) is 5.11 Å². The van der Waals surface area contributed by atoms with Gasteiger partial charge in [-0.15, -0.1) is 0 Å². The third-order valence-corrected chi connectivity index (χ3v) is 2.00. The molecule has 0 bridgehead atoms. The summed E-state index contributed by atoms with van der Waals surface area (Å²) in [5.41, 5.74) is -2.23. The van der Waals surface area contributed by atoms with Crippen molar-refractivity contribution in [2.45, 2.75) is 12.3 Å². The Morgan fingerprint density at radius 2 is 1.12 bits per heavy atom. The minimum absolute atomic E-state index is 1.17. The average Bonchev–Trinajstić information content (AvgIpc) is 2.23. The van der Waals surface area contributed by atoms with Gasteiger partial charge in [0.05, 0.1) is 5.56 Å². The highest BCUT2D eigenvalue weighted by atomic mass is 19.3. The van der Waals surface area contributed by atoms with E-state index >= 15 is 0 Å². The Morgan fingerprint density at radius 3 is 1.47 bits per heavy atom. The van der Waals surface area contributed by atoms with Crippen LogP contribution in [0.3, 0.4) is 0 Å². The maximum absolute atomic E-state index is 13.1. The second-order valence-corrected chi connectivity index (χ2v) is 3.12. The zero-order chi connectivity index (χ0) is 13.4. The number of rotatable bonds is 3.